The van der Waals surface area contributed by atoms with Gasteiger partial charge in [0.15, 0.2) is 5.17 Å². The van der Waals surface area contributed by atoms with Crippen LogP contribution in [0, 0.1) is 42.0 Å². The Morgan fingerprint density at radius 3 is 2.78 bits per heavy atom. The molecule has 1 aliphatic carbocycles. The van der Waals surface area contributed by atoms with Gasteiger partial charge in [0.2, 0.25) is 5.95 Å². The number of fused-ring (bicyclic) bond motifs is 1. The zero-order chi connectivity index (χ0) is 19.2. The molecule has 4 rings (SSSR count). The standard InChI is InChI=1S/C20H16FN5S/c1-11-5-13(8-22)10-24-16(11)4-3-12-6-15(18(21)25-9-12)20(2)14-7-17(14)27-19(23)26-20/h5-6,9-10,14,17H,7H2,1-2H3,(H2,23,26)/t14?,17?,20-/m0/s1. The van der Waals surface area contributed by atoms with Crippen molar-refractivity contribution in [2.24, 2.45) is 16.6 Å². The molecule has 1 aliphatic heterocycles. The predicted octanol–water partition coefficient (Wildman–Crippen LogP) is 2.86. The highest BCUT2D eigenvalue weighted by Gasteiger charge is 2.55. The van der Waals surface area contributed by atoms with Crippen molar-refractivity contribution in [1.82, 2.24) is 9.97 Å². The smallest absolute Gasteiger partial charge is 0.218 e. The van der Waals surface area contributed by atoms with Gasteiger partial charge in [-0.3, -0.25) is 4.99 Å². The van der Waals surface area contributed by atoms with Gasteiger partial charge in [-0.2, -0.15) is 9.65 Å². The van der Waals surface area contributed by atoms with Gasteiger partial charge in [-0.1, -0.05) is 17.7 Å². The van der Waals surface area contributed by atoms with Gasteiger partial charge in [0, 0.05) is 34.7 Å². The van der Waals surface area contributed by atoms with Crippen LogP contribution in [0.5, 0.6) is 0 Å². The Labute approximate surface area is 160 Å². The number of halogens is 1. The maximum atomic E-state index is 14.5. The molecule has 0 radical (unpaired) electrons. The molecule has 27 heavy (non-hydrogen) atoms. The largest absolute Gasteiger partial charge is 0.379 e. The molecule has 0 bridgehead atoms. The molecule has 2 aromatic heterocycles. The van der Waals surface area contributed by atoms with Crippen molar-refractivity contribution in [3.05, 3.63) is 58.4 Å². The number of aryl methyl sites for hydroxylation is 1. The summed E-state index contributed by atoms with van der Waals surface area (Å²) in [5, 5.41) is 9.80. The van der Waals surface area contributed by atoms with Crippen LogP contribution in [0.1, 0.15) is 41.3 Å². The minimum absolute atomic E-state index is 0.261. The number of nitrogens with zero attached hydrogens (tertiary/aromatic N) is 4. The minimum Gasteiger partial charge on any atom is -0.379 e. The molecule has 0 amide bonds. The number of thioether (sulfide) groups is 1. The Balaban J connectivity index is 1.71. The van der Waals surface area contributed by atoms with E-state index in [0.29, 0.717) is 32.8 Å². The number of nitriles is 1. The van der Waals surface area contributed by atoms with Crippen molar-refractivity contribution in [3.63, 3.8) is 0 Å². The third-order valence-electron chi connectivity index (χ3n) is 4.99. The highest BCUT2D eigenvalue weighted by Crippen LogP contribution is 2.57. The summed E-state index contributed by atoms with van der Waals surface area (Å²) < 4.78 is 14.5. The van der Waals surface area contributed by atoms with Crippen molar-refractivity contribution in [2.75, 3.05) is 0 Å². The first kappa shape index (κ1) is 17.5. The Bertz CT molecular complexity index is 1080. The van der Waals surface area contributed by atoms with Crippen molar-refractivity contribution >= 4 is 16.9 Å². The third-order valence-corrected chi connectivity index (χ3v) is 6.14. The normalized spacial score (nSPS) is 25.5. The molecule has 2 N–H and O–H groups in total. The van der Waals surface area contributed by atoms with Crippen LogP contribution in [0.15, 0.2) is 29.5 Å². The van der Waals surface area contributed by atoms with Gasteiger partial charge in [0.1, 0.15) is 11.8 Å². The topological polar surface area (TPSA) is 88.0 Å². The van der Waals surface area contributed by atoms with E-state index in [4.69, 9.17) is 11.0 Å². The quantitative estimate of drug-likeness (QED) is 0.610. The maximum Gasteiger partial charge on any atom is 0.218 e. The number of aliphatic imine (C=N–C) groups is 1. The maximum absolute atomic E-state index is 14.5. The first-order chi connectivity index (χ1) is 12.9. The molecule has 3 heterocycles. The van der Waals surface area contributed by atoms with Crippen molar-refractivity contribution in [1.29, 1.82) is 5.26 Å². The first-order valence-electron chi connectivity index (χ1n) is 8.47. The molecule has 2 unspecified atom stereocenters. The zero-order valence-electron chi connectivity index (χ0n) is 14.8. The molecule has 0 aromatic carbocycles. The molecular formula is C20H16FN5S. The Morgan fingerprint density at radius 2 is 2.04 bits per heavy atom. The van der Waals surface area contributed by atoms with Crippen molar-refractivity contribution < 1.29 is 4.39 Å². The number of rotatable bonds is 1. The average molecular weight is 377 g/mol. The molecule has 1 fully saturated rings. The second kappa shape index (κ2) is 6.37. The summed E-state index contributed by atoms with van der Waals surface area (Å²) in [6.07, 6.45) is 3.86. The van der Waals surface area contributed by atoms with Gasteiger partial charge in [-0.15, -0.1) is 0 Å². The fourth-order valence-electron chi connectivity index (χ4n) is 3.42. The summed E-state index contributed by atoms with van der Waals surface area (Å²) in [7, 11) is 0. The molecular weight excluding hydrogens is 361 g/mol. The van der Waals surface area contributed by atoms with E-state index < -0.39 is 11.5 Å². The van der Waals surface area contributed by atoms with Gasteiger partial charge in [-0.05, 0) is 43.9 Å². The van der Waals surface area contributed by atoms with E-state index in [9.17, 15) is 4.39 Å². The lowest BCUT2D eigenvalue weighted by molar-refractivity contribution is 0.400. The van der Waals surface area contributed by atoms with Crippen LogP contribution in [0.2, 0.25) is 0 Å². The summed E-state index contributed by atoms with van der Waals surface area (Å²) >= 11 is 1.56. The lowest BCUT2D eigenvalue weighted by Crippen LogP contribution is -2.32. The summed E-state index contributed by atoms with van der Waals surface area (Å²) in [5.74, 6) is 5.69. The molecule has 5 nitrogen and oxygen atoms in total. The Kier molecular flexibility index (Phi) is 4.13. The molecule has 2 aromatic rings. The van der Waals surface area contributed by atoms with Gasteiger partial charge in [0.05, 0.1) is 11.1 Å². The van der Waals surface area contributed by atoms with Gasteiger partial charge in [-0.25, -0.2) is 9.97 Å². The molecule has 7 heteroatoms. The van der Waals surface area contributed by atoms with E-state index in [2.05, 4.69) is 26.8 Å². The van der Waals surface area contributed by atoms with Crippen LogP contribution in [-0.2, 0) is 5.54 Å². The third kappa shape index (κ3) is 3.15. The highest BCUT2D eigenvalue weighted by atomic mass is 32.2. The zero-order valence-corrected chi connectivity index (χ0v) is 15.6. The van der Waals surface area contributed by atoms with Gasteiger partial charge >= 0.3 is 0 Å². The predicted molar refractivity (Wildman–Crippen MR) is 102 cm³/mol. The first-order valence-corrected chi connectivity index (χ1v) is 9.35. The van der Waals surface area contributed by atoms with E-state index in [1.54, 1.807) is 23.9 Å². The van der Waals surface area contributed by atoms with Crippen LogP contribution in [0.3, 0.4) is 0 Å². The lowest BCUT2D eigenvalue weighted by Gasteiger charge is -2.29. The molecule has 134 valence electrons. The SMILES string of the molecule is Cc1cc(C#N)cnc1C#Cc1cnc(F)c([C@@]2(C)N=C(N)SC3CC32)c1. The number of aromatic nitrogens is 2. The molecule has 3 atom stereocenters. The molecule has 0 spiro atoms. The summed E-state index contributed by atoms with van der Waals surface area (Å²) in [4.78, 5) is 12.6. The summed E-state index contributed by atoms with van der Waals surface area (Å²) in [6.45, 7) is 3.76. The Morgan fingerprint density at radius 1 is 1.26 bits per heavy atom. The number of hydrogen-bond donors (Lipinski definition) is 1. The lowest BCUT2D eigenvalue weighted by atomic mass is 9.87. The fraction of sp³-hybridized carbons (Fsp3) is 0.300. The van der Waals surface area contributed by atoms with Crippen LogP contribution >= 0.6 is 11.8 Å². The van der Waals surface area contributed by atoms with Crippen LogP contribution in [0.4, 0.5) is 4.39 Å². The second-order valence-corrected chi connectivity index (χ2v) is 8.17. The summed E-state index contributed by atoms with van der Waals surface area (Å²) in [6, 6.07) is 5.49. The van der Waals surface area contributed by atoms with E-state index >= 15 is 0 Å². The van der Waals surface area contributed by atoms with Crippen LogP contribution in [-0.4, -0.2) is 20.4 Å². The fourth-order valence-corrected chi connectivity index (χ4v) is 4.70. The minimum atomic E-state index is -0.711. The molecule has 1 saturated carbocycles. The van der Waals surface area contributed by atoms with E-state index in [1.807, 2.05) is 19.9 Å². The van der Waals surface area contributed by atoms with Gasteiger partial charge in [0.25, 0.3) is 0 Å². The Hall–Kier alpha value is -2.90. The van der Waals surface area contributed by atoms with Crippen LogP contribution in [0.25, 0.3) is 0 Å². The second-order valence-electron chi connectivity index (χ2n) is 6.91. The van der Waals surface area contributed by atoms with E-state index in [0.717, 1.165) is 12.0 Å². The van der Waals surface area contributed by atoms with Crippen molar-refractivity contribution in [3.8, 4) is 17.9 Å². The van der Waals surface area contributed by atoms with E-state index in [1.165, 1.54) is 12.4 Å². The molecule has 2 aliphatic rings. The summed E-state index contributed by atoms with van der Waals surface area (Å²) in [5.41, 5.74) is 8.11. The molecule has 0 saturated heterocycles. The van der Waals surface area contributed by atoms with Crippen LogP contribution < -0.4 is 5.73 Å². The number of nitrogens with two attached hydrogens (primary N) is 1. The van der Waals surface area contributed by atoms with Gasteiger partial charge < -0.3 is 5.73 Å². The average Bonchev–Trinajstić information content (AvgIpc) is 3.41. The monoisotopic (exact) mass is 377 g/mol. The number of pyridine rings is 2. The number of amidine groups is 1. The van der Waals surface area contributed by atoms with E-state index in [-0.39, 0.29) is 5.92 Å². The van der Waals surface area contributed by atoms with Crippen molar-refractivity contribution in [2.45, 2.75) is 31.1 Å². The number of hydrogen-bond acceptors (Lipinski definition) is 6. The highest BCUT2D eigenvalue weighted by molar-refractivity contribution is 8.14.